The number of carbonyl (C=O) groups is 4. The molecule has 0 saturated heterocycles. The van der Waals surface area contributed by atoms with Crippen LogP contribution in [0.3, 0.4) is 0 Å². The van der Waals surface area contributed by atoms with Crippen LogP contribution in [0, 0.1) is 0 Å². The second kappa shape index (κ2) is 12.4. The van der Waals surface area contributed by atoms with Gasteiger partial charge in [-0.2, -0.15) is 0 Å². The third-order valence-corrected chi connectivity index (χ3v) is 3.36. The maximum atomic E-state index is 12.4. The molecule has 0 saturated carbocycles. The summed E-state index contributed by atoms with van der Waals surface area (Å²) >= 11 is 0. The number of Topliss-reactive ketones (excluding diaryl/α,β-unsaturated/α-hetero) is 1. The van der Waals surface area contributed by atoms with Crippen molar-refractivity contribution in [2.75, 3.05) is 33.0 Å². The van der Waals surface area contributed by atoms with Crippen LogP contribution in [0.4, 0.5) is 4.79 Å². The average Bonchev–Trinajstić information content (AvgIpc) is 2.68. The number of hydrogen-bond acceptors (Lipinski definition) is 9. The number of esters is 2. The lowest BCUT2D eigenvalue weighted by atomic mass is 10.1. The average molecular weight is 439 g/mol. The van der Waals surface area contributed by atoms with Crippen LogP contribution in [-0.4, -0.2) is 62.4 Å². The van der Waals surface area contributed by atoms with E-state index >= 15 is 0 Å². The van der Waals surface area contributed by atoms with Crippen molar-refractivity contribution in [3.63, 3.8) is 0 Å². The summed E-state index contributed by atoms with van der Waals surface area (Å²) < 4.78 is 25.5. The first-order valence-corrected chi connectivity index (χ1v) is 9.76. The summed E-state index contributed by atoms with van der Waals surface area (Å²) in [5, 5.41) is 2.37. The van der Waals surface area contributed by atoms with Crippen LogP contribution in [0.15, 0.2) is 18.2 Å². The van der Waals surface area contributed by atoms with E-state index < -0.39 is 36.0 Å². The fourth-order valence-corrected chi connectivity index (χ4v) is 2.16. The summed E-state index contributed by atoms with van der Waals surface area (Å²) in [6.45, 7) is 7.71. The minimum Gasteiger partial charge on any atom is -0.478 e. The summed E-state index contributed by atoms with van der Waals surface area (Å²) in [5.74, 6) is -1.43. The van der Waals surface area contributed by atoms with Crippen LogP contribution in [0.25, 0.3) is 0 Å². The summed E-state index contributed by atoms with van der Waals surface area (Å²) in [6.07, 6.45) is -0.728. The van der Waals surface area contributed by atoms with Crippen molar-refractivity contribution >= 4 is 23.8 Å². The molecule has 0 aliphatic rings. The molecule has 0 spiro atoms. The fourth-order valence-electron chi connectivity index (χ4n) is 2.16. The van der Waals surface area contributed by atoms with Crippen LogP contribution in [0.5, 0.6) is 11.5 Å². The molecule has 0 aromatic heterocycles. The van der Waals surface area contributed by atoms with Gasteiger partial charge in [-0.05, 0) is 52.8 Å². The maximum absolute atomic E-state index is 12.4. The molecule has 1 aromatic rings. The van der Waals surface area contributed by atoms with Gasteiger partial charge in [0, 0.05) is 5.56 Å². The SMILES string of the molecule is CCOC(=O)COc1ccc(C(=O)CNC(=O)OC(C)(C)C)cc1OCC(=O)OCC. The summed E-state index contributed by atoms with van der Waals surface area (Å²) in [5.41, 5.74) is -0.502. The number of nitrogens with one attached hydrogen (secondary N) is 1. The van der Waals surface area contributed by atoms with Crippen molar-refractivity contribution in [3.05, 3.63) is 23.8 Å². The minimum absolute atomic E-state index is 0.0560. The molecule has 0 unspecified atom stereocenters. The number of rotatable bonds is 11. The van der Waals surface area contributed by atoms with E-state index in [0.717, 1.165) is 0 Å². The molecular weight excluding hydrogens is 410 g/mol. The van der Waals surface area contributed by atoms with E-state index in [9.17, 15) is 19.2 Å². The Balaban J connectivity index is 2.89. The Morgan fingerprint density at radius 2 is 1.42 bits per heavy atom. The molecule has 0 aliphatic carbocycles. The highest BCUT2D eigenvalue weighted by molar-refractivity contribution is 5.99. The second-order valence-electron chi connectivity index (χ2n) is 7.13. The first-order chi connectivity index (χ1) is 14.6. The number of amides is 1. The first-order valence-electron chi connectivity index (χ1n) is 9.76. The molecule has 1 N–H and O–H groups in total. The van der Waals surface area contributed by atoms with E-state index in [-0.39, 0.29) is 43.4 Å². The number of ether oxygens (including phenoxy) is 5. The highest BCUT2D eigenvalue weighted by Gasteiger charge is 2.18. The van der Waals surface area contributed by atoms with Crippen molar-refractivity contribution in [2.24, 2.45) is 0 Å². The topological polar surface area (TPSA) is 126 Å². The monoisotopic (exact) mass is 439 g/mol. The summed E-state index contributed by atoms with van der Waals surface area (Å²) in [4.78, 5) is 47.3. The van der Waals surface area contributed by atoms with Gasteiger partial charge in [-0.25, -0.2) is 14.4 Å². The number of benzene rings is 1. The van der Waals surface area contributed by atoms with Crippen LogP contribution in [0.1, 0.15) is 45.0 Å². The van der Waals surface area contributed by atoms with E-state index in [2.05, 4.69) is 5.32 Å². The van der Waals surface area contributed by atoms with Gasteiger partial charge in [0.05, 0.1) is 19.8 Å². The van der Waals surface area contributed by atoms with Crippen LogP contribution in [-0.2, 0) is 23.8 Å². The molecule has 172 valence electrons. The molecule has 1 aromatic carbocycles. The Hall–Kier alpha value is -3.30. The number of ketones is 1. The van der Waals surface area contributed by atoms with Crippen LogP contribution in [0.2, 0.25) is 0 Å². The lowest BCUT2D eigenvalue weighted by molar-refractivity contribution is -0.146. The van der Waals surface area contributed by atoms with Crippen molar-refractivity contribution in [1.29, 1.82) is 0 Å². The van der Waals surface area contributed by atoms with E-state index in [4.69, 9.17) is 23.7 Å². The molecule has 0 fully saturated rings. The van der Waals surface area contributed by atoms with Gasteiger partial charge in [0.1, 0.15) is 5.60 Å². The lowest BCUT2D eigenvalue weighted by Gasteiger charge is -2.19. The Morgan fingerprint density at radius 1 is 0.871 bits per heavy atom. The molecule has 10 nitrogen and oxygen atoms in total. The quantitative estimate of drug-likeness (QED) is 0.314. The van der Waals surface area contributed by atoms with E-state index in [1.165, 1.54) is 18.2 Å². The Morgan fingerprint density at radius 3 is 1.94 bits per heavy atom. The molecule has 0 heterocycles. The van der Waals surface area contributed by atoms with E-state index in [0.29, 0.717) is 0 Å². The Kier molecular flexibility index (Phi) is 10.3. The maximum Gasteiger partial charge on any atom is 0.408 e. The van der Waals surface area contributed by atoms with Gasteiger partial charge in [0.2, 0.25) is 0 Å². The van der Waals surface area contributed by atoms with Crippen molar-refractivity contribution in [3.8, 4) is 11.5 Å². The normalized spacial score (nSPS) is 10.6. The van der Waals surface area contributed by atoms with Crippen LogP contribution >= 0.6 is 0 Å². The third kappa shape index (κ3) is 10.3. The standard InChI is InChI=1S/C21H29NO9/c1-6-27-18(24)12-29-16-9-8-14(10-17(16)30-13-19(25)28-7-2)15(23)11-22-20(26)31-21(3,4)5/h8-10H,6-7,11-13H2,1-5H3,(H,22,26). The number of carbonyl (C=O) groups excluding carboxylic acids is 4. The molecule has 0 aliphatic heterocycles. The molecule has 10 heteroatoms. The van der Waals surface area contributed by atoms with E-state index in [1.54, 1.807) is 34.6 Å². The van der Waals surface area contributed by atoms with Gasteiger partial charge in [-0.1, -0.05) is 0 Å². The molecule has 0 radical (unpaired) electrons. The predicted molar refractivity (Wildman–Crippen MR) is 109 cm³/mol. The van der Waals surface area contributed by atoms with Crippen LogP contribution < -0.4 is 14.8 Å². The van der Waals surface area contributed by atoms with E-state index in [1.807, 2.05) is 0 Å². The summed E-state index contributed by atoms with van der Waals surface area (Å²) in [6, 6.07) is 4.20. The minimum atomic E-state index is -0.728. The zero-order valence-corrected chi connectivity index (χ0v) is 18.4. The molecule has 0 bridgehead atoms. The van der Waals surface area contributed by atoms with Crippen molar-refractivity contribution < 1.29 is 42.9 Å². The zero-order chi connectivity index (χ0) is 23.4. The zero-order valence-electron chi connectivity index (χ0n) is 18.4. The molecule has 0 atom stereocenters. The Bertz CT molecular complexity index is 784. The van der Waals surface area contributed by atoms with Gasteiger partial charge >= 0.3 is 18.0 Å². The molecular formula is C21H29NO9. The van der Waals surface area contributed by atoms with Gasteiger partial charge in [-0.3, -0.25) is 4.79 Å². The third-order valence-electron chi connectivity index (χ3n) is 3.36. The molecule has 31 heavy (non-hydrogen) atoms. The Labute approximate surface area is 181 Å². The summed E-state index contributed by atoms with van der Waals surface area (Å²) in [7, 11) is 0. The molecule has 1 rings (SSSR count). The largest absolute Gasteiger partial charge is 0.478 e. The van der Waals surface area contributed by atoms with Gasteiger partial charge in [-0.15, -0.1) is 0 Å². The van der Waals surface area contributed by atoms with Gasteiger partial charge in [0.25, 0.3) is 0 Å². The smallest absolute Gasteiger partial charge is 0.408 e. The fraction of sp³-hybridized carbons (Fsp3) is 0.524. The number of hydrogen-bond donors (Lipinski definition) is 1. The molecule has 1 amide bonds. The van der Waals surface area contributed by atoms with Gasteiger partial charge in [0.15, 0.2) is 30.5 Å². The lowest BCUT2D eigenvalue weighted by Crippen LogP contribution is -2.35. The predicted octanol–water partition coefficient (Wildman–Crippen LogP) is 2.28. The highest BCUT2D eigenvalue weighted by atomic mass is 16.6. The van der Waals surface area contributed by atoms with Crippen molar-refractivity contribution in [2.45, 2.75) is 40.2 Å². The van der Waals surface area contributed by atoms with Crippen molar-refractivity contribution in [1.82, 2.24) is 5.32 Å². The highest BCUT2D eigenvalue weighted by Crippen LogP contribution is 2.29. The second-order valence-corrected chi connectivity index (χ2v) is 7.13. The first kappa shape index (κ1) is 25.7. The van der Waals surface area contributed by atoms with Gasteiger partial charge < -0.3 is 29.0 Å². The number of alkyl carbamates (subject to hydrolysis) is 1.